The maximum atomic E-state index is 10.6. The molecule has 0 unspecified atom stereocenters. The lowest BCUT2D eigenvalue weighted by atomic mass is 10.2. The summed E-state index contributed by atoms with van der Waals surface area (Å²) >= 11 is 0. The van der Waals surface area contributed by atoms with Crippen molar-refractivity contribution >= 4 is 5.69 Å². The highest BCUT2D eigenvalue weighted by Crippen LogP contribution is 2.19. The van der Waals surface area contributed by atoms with Crippen molar-refractivity contribution in [1.29, 1.82) is 0 Å². The summed E-state index contributed by atoms with van der Waals surface area (Å²) < 4.78 is 1.72. The summed E-state index contributed by atoms with van der Waals surface area (Å²) in [6.45, 7) is 0.493. The first kappa shape index (κ1) is 12.0. The summed E-state index contributed by atoms with van der Waals surface area (Å²) in [4.78, 5) is 14.5. The zero-order valence-corrected chi connectivity index (χ0v) is 10.3. The van der Waals surface area contributed by atoms with Crippen molar-refractivity contribution in [2.24, 2.45) is 0 Å². The van der Waals surface area contributed by atoms with Crippen molar-refractivity contribution in [3.05, 3.63) is 58.7 Å². The van der Waals surface area contributed by atoms with E-state index in [2.05, 4.69) is 20.3 Å². The summed E-state index contributed by atoms with van der Waals surface area (Å²) in [5.41, 5.74) is 0.764. The van der Waals surface area contributed by atoms with Gasteiger partial charge < -0.3 is 0 Å². The van der Waals surface area contributed by atoms with E-state index in [0.29, 0.717) is 18.2 Å². The third kappa shape index (κ3) is 2.39. The first-order valence-electron chi connectivity index (χ1n) is 5.86. The van der Waals surface area contributed by atoms with Crippen LogP contribution in [0.15, 0.2) is 42.7 Å². The maximum Gasteiger partial charge on any atom is 0.269 e. The molecular formula is C12H10N6O2. The number of hydrogen-bond acceptors (Lipinski definition) is 5. The highest BCUT2D eigenvalue weighted by Gasteiger charge is 2.09. The topological polar surface area (TPSA) is 103 Å². The van der Waals surface area contributed by atoms with Crippen molar-refractivity contribution in [1.82, 2.24) is 25.0 Å². The van der Waals surface area contributed by atoms with E-state index in [1.54, 1.807) is 23.0 Å². The summed E-state index contributed by atoms with van der Waals surface area (Å²) in [5, 5.41) is 21.6. The van der Waals surface area contributed by atoms with Crippen LogP contribution in [-0.2, 0) is 6.54 Å². The van der Waals surface area contributed by atoms with Crippen LogP contribution >= 0.6 is 0 Å². The zero-order valence-electron chi connectivity index (χ0n) is 10.3. The van der Waals surface area contributed by atoms with Gasteiger partial charge in [0.25, 0.3) is 5.69 Å². The number of nitrogens with one attached hydrogen (secondary N) is 1. The van der Waals surface area contributed by atoms with E-state index in [-0.39, 0.29) is 5.69 Å². The third-order valence-electron chi connectivity index (χ3n) is 2.74. The van der Waals surface area contributed by atoms with Gasteiger partial charge in [0.05, 0.1) is 4.92 Å². The number of aromatic amines is 1. The number of H-pyrrole nitrogens is 1. The van der Waals surface area contributed by atoms with Crippen molar-refractivity contribution in [2.75, 3.05) is 0 Å². The molecule has 0 aliphatic rings. The summed E-state index contributed by atoms with van der Waals surface area (Å²) in [6.07, 6.45) is 3.52. The molecule has 20 heavy (non-hydrogen) atoms. The van der Waals surface area contributed by atoms with Crippen molar-refractivity contribution in [2.45, 2.75) is 6.54 Å². The van der Waals surface area contributed by atoms with Gasteiger partial charge in [0, 0.05) is 30.1 Å². The number of nitrogens with zero attached hydrogens (tertiary/aromatic N) is 5. The van der Waals surface area contributed by atoms with E-state index in [0.717, 1.165) is 5.56 Å². The largest absolute Gasteiger partial charge is 0.269 e. The van der Waals surface area contributed by atoms with Gasteiger partial charge in [0.15, 0.2) is 5.82 Å². The molecule has 0 spiro atoms. The van der Waals surface area contributed by atoms with E-state index in [9.17, 15) is 10.1 Å². The Morgan fingerprint density at radius 1 is 1.30 bits per heavy atom. The predicted molar refractivity (Wildman–Crippen MR) is 69.8 cm³/mol. The molecule has 0 saturated carbocycles. The standard InChI is InChI=1S/C12H10N6O2/c19-18(20)10-4-2-9(3-5-10)12-14-11(15-16-12)8-17-7-1-6-13-17/h1-7H,8H2,(H,14,15,16). The zero-order chi connectivity index (χ0) is 13.9. The molecule has 100 valence electrons. The van der Waals surface area contributed by atoms with Crippen LogP contribution in [0.5, 0.6) is 0 Å². The Labute approximate surface area is 113 Å². The molecule has 0 fully saturated rings. The Hall–Kier alpha value is -3.03. The van der Waals surface area contributed by atoms with Crippen LogP contribution in [0.1, 0.15) is 5.82 Å². The molecule has 8 heteroatoms. The molecule has 1 aromatic carbocycles. The van der Waals surface area contributed by atoms with E-state index in [4.69, 9.17) is 0 Å². The quantitative estimate of drug-likeness (QED) is 0.573. The second kappa shape index (κ2) is 4.92. The van der Waals surface area contributed by atoms with Gasteiger partial charge in [-0.1, -0.05) is 0 Å². The molecule has 2 aromatic heterocycles. The number of non-ortho nitro benzene ring substituents is 1. The minimum absolute atomic E-state index is 0.0426. The number of rotatable bonds is 4. The molecule has 0 radical (unpaired) electrons. The maximum absolute atomic E-state index is 10.6. The molecule has 0 atom stereocenters. The second-order valence-corrected chi connectivity index (χ2v) is 4.11. The molecule has 0 aliphatic carbocycles. The summed E-state index contributed by atoms with van der Waals surface area (Å²) in [6, 6.07) is 7.93. The van der Waals surface area contributed by atoms with Crippen LogP contribution in [0.25, 0.3) is 11.4 Å². The number of benzene rings is 1. The minimum Gasteiger partial charge on any atom is -0.265 e. The Kier molecular flexibility index (Phi) is 2.96. The van der Waals surface area contributed by atoms with E-state index in [1.165, 1.54) is 12.1 Å². The number of hydrogen-bond donors (Lipinski definition) is 1. The molecule has 1 N–H and O–H groups in total. The highest BCUT2D eigenvalue weighted by molar-refractivity contribution is 5.56. The lowest BCUT2D eigenvalue weighted by Gasteiger charge is -1.96. The van der Waals surface area contributed by atoms with Crippen molar-refractivity contribution in [3.8, 4) is 11.4 Å². The van der Waals surface area contributed by atoms with E-state index in [1.807, 2.05) is 12.3 Å². The number of nitro groups is 1. The Morgan fingerprint density at radius 3 is 2.75 bits per heavy atom. The van der Waals surface area contributed by atoms with Crippen LogP contribution < -0.4 is 0 Å². The predicted octanol–water partition coefficient (Wildman–Crippen LogP) is 1.62. The molecular weight excluding hydrogens is 260 g/mol. The highest BCUT2D eigenvalue weighted by atomic mass is 16.6. The molecule has 3 rings (SSSR count). The first-order chi connectivity index (χ1) is 9.72. The van der Waals surface area contributed by atoms with Crippen LogP contribution in [0.4, 0.5) is 5.69 Å². The average molecular weight is 270 g/mol. The lowest BCUT2D eigenvalue weighted by Crippen LogP contribution is -2.01. The van der Waals surface area contributed by atoms with Gasteiger partial charge >= 0.3 is 0 Å². The minimum atomic E-state index is -0.440. The fourth-order valence-corrected chi connectivity index (χ4v) is 1.77. The van der Waals surface area contributed by atoms with Gasteiger partial charge in [-0.05, 0) is 18.2 Å². The molecule has 0 saturated heterocycles. The summed E-state index contributed by atoms with van der Waals surface area (Å²) in [5.74, 6) is 1.17. The van der Waals surface area contributed by atoms with Crippen LogP contribution in [0.3, 0.4) is 0 Å². The fraction of sp³-hybridized carbons (Fsp3) is 0.0833. The van der Waals surface area contributed by atoms with Crippen LogP contribution in [-0.4, -0.2) is 29.9 Å². The number of nitro benzene ring substituents is 1. The first-order valence-corrected chi connectivity index (χ1v) is 5.86. The molecule has 0 aliphatic heterocycles. The number of aromatic nitrogens is 5. The lowest BCUT2D eigenvalue weighted by molar-refractivity contribution is -0.384. The average Bonchev–Trinajstić information content (AvgIpc) is 3.11. The van der Waals surface area contributed by atoms with Gasteiger partial charge in [0.1, 0.15) is 12.4 Å². The van der Waals surface area contributed by atoms with E-state index >= 15 is 0 Å². The van der Waals surface area contributed by atoms with Gasteiger partial charge in [-0.3, -0.25) is 19.9 Å². The third-order valence-corrected chi connectivity index (χ3v) is 2.74. The molecule has 8 nitrogen and oxygen atoms in total. The smallest absolute Gasteiger partial charge is 0.265 e. The van der Waals surface area contributed by atoms with Gasteiger partial charge in [0.2, 0.25) is 0 Å². The Morgan fingerprint density at radius 2 is 2.10 bits per heavy atom. The second-order valence-electron chi connectivity index (χ2n) is 4.11. The summed E-state index contributed by atoms with van der Waals surface area (Å²) in [7, 11) is 0. The molecule has 0 bridgehead atoms. The SMILES string of the molecule is O=[N+]([O-])c1ccc(-c2n[nH]c(Cn3cccn3)n2)cc1. The monoisotopic (exact) mass is 270 g/mol. The Bertz CT molecular complexity index is 717. The molecule has 2 heterocycles. The Balaban J connectivity index is 1.80. The van der Waals surface area contributed by atoms with Gasteiger partial charge in [-0.25, -0.2) is 4.98 Å². The van der Waals surface area contributed by atoms with Crippen molar-refractivity contribution < 1.29 is 4.92 Å². The van der Waals surface area contributed by atoms with Crippen LogP contribution in [0, 0.1) is 10.1 Å². The molecule has 0 amide bonds. The van der Waals surface area contributed by atoms with Crippen LogP contribution in [0.2, 0.25) is 0 Å². The van der Waals surface area contributed by atoms with Gasteiger partial charge in [-0.15, -0.1) is 0 Å². The molecule has 3 aromatic rings. The fourth-order valence-electron chi connectivity index (χ4n) is 1.77. The normalized spacial score (nSPS) is 10.6. The van der Waals surface area contributed by atoms with Gasteiger partial charge in [-0.2, -0.15) is 10.2 Å². The van der Waals surface area contributed by atoms with Crippen molar-refractivity contribution in [3.63, 3.8) is 0 Å². The van der Waals surface area contributed by atoms with E-state index < -0.39 is 4.92 Å².